The third-order valence-corrected chi connectivity index (χ3v) is 3.65. The van der Waals surface area contributed by atoms with Gasteiger partial charge >= 0.3 is 6.18 Å². The van der Waals surface area contributed by atoms with E-state index in [1.54, 1.807) is 31.2 Å². The molecule has 0 saturated heterocycles. The molecule has 2 rings (SSSR count). The maximum absolute atomic E-state index is 12.7. The number of benzene rings is 2. The Kier molecular flexibility index (Phi) is 6.25. The predicted molar refractivity (Wildman–Crippen MR) is 92.6 cm³/mol. The monoisotopic (exact) mass is 367 g/mol. The van der Waals surface area contributed by atoms with Gasteiger partial charge in [0.2, 0.25) is 0 Å². The van der Waals surface area contributed by atoms with Gasteiger partial charge in [0.1, 0.15) is 6.61 Å². The molecule has 0 aliphatic carbocycles. The first-order valence-corrected chi connectivity index (χ1v) is 7.85. The molecule has 7 heteroatoms. The third kappa shape index (κ3) is 5.63. The van der Waals surface area contributed by atoms with Crippen LogP contribution in [0, 0.1) is 0 Å². The summed E-state index contributed by atoms with van der Waals surface area (Å²) in [4.78, 5) is 16.4. The second-order valence-corrected chi connectivity index (χ2v) is 5.87. The smallest absolute Gasteiger partial charge is 0.391 e. The van der Waals surface area contributed by atoms with E-state index < -0.39 is 11.7 Å². The van der Waals surface area contributed by atoms with E-state index in [4.69, 9.17) is 4.84 Å². The molecule has 0 bridgehead atoms. The Hall–Kier alpha value is -2.28. The van der Waals surface area contributed by atoms with Crippen molar-refractivity contribution >= 4 is 23.5 Å². The van der Waals surface area contributed by atoms with Crippen LogP contribution in [0.2, 0.25) is 0 Å². The quantitative estimate of drug-likeness (QED) is 0.459. The number of alkyl halides is 3. The largest absolute Gasteiger partial charge is 0.416 e. The van der Waals surface area contributed by atoms with E-state index in [-0.39, 0.29) is 18.1 Å². The first-order valence-electron chi connectivity index (χ1n) is 7.40. The number of rotatable bonds is 6. The van der Waals surface area contributed by atoms with Crippen molar-refractivity contribution in [2.24, 2.45) is 5.16 Å². The molecule has 0 fully saturated rings. The van der Waals surface area contributed by atoms with E-state index in [1.807, 2.05) is 0 Å². The number of oxime groups is 1. The number of carbonyl (C=O) groups is 1. The summed E-state index contributed by atoms with van der Waals surface area (Å²) >= 11 is 3.76. The fourth-order valence-electron chi connectivity index (χ4n) is 2.21. The van der Waals surface area contributed by atoms with Crippen molar-refractivity contribution in [2.45, 2.75) is 26.1 Å². The van der Waals surface area contributed by atoms with Gasteiger partial charge in [-0.15, -0.1) is 12.6 Å². The average Bonchev–Trinajstić information content (AvgIpc) is 2.55. The van der Waals surface area contributed by atoms with Crippen molar-refractivity contribution in [3.8, 4) is 0 Å². The summed E-state index contributed by atoms with van der Waals surface area (Å²) in [5.41, 5.74) is 1.46. The second-order valence-electron chi connectivity index (χ2n) is 5.37. The highest BCUT2D eigenvalue weighted by atomic mass is 32.1. The van der Waals surface area contributed by atoms with Gasteiger partial charge in [-0.1, -0.05) is 41.6 Å². The number of nitrogens with zero attached hydrogens (tertiary/aromatic N) is 1. The number of halogens is 3. The minimum absolute atomic E-state index is 0.105. The Bertz CT molecular complexity index is 788. The van der Waals surface area contributed by atoms with E-state index in [2.05, 4.69) is 17.8 Å². The van der Waals surface area contributed by atoms with Gasteiger partial charge in [0.05, 0.1) is 11.3 Å². The molecule has 0 saturated carbocycles. The second kappa shape index (κ2) is 8.20. The van der Waals surface area contributed by atoms with Crippen LogP contribution in [-0.4, -0.2) is 10.8 Å². The van der Waals surface area contributed by atoms with Crippen LogP contribution in [0.1, 0.15) is 29.2 Å². The van der Waals surface area contributed by atoms with Gasteiger partial charge in [-0.25, -0.2) is 0 Å². The molecule has 0 amide bonds. The maximum Gasteiger partial charge on any atom is 0.416 e. The molecular formula is C18H16F3NO2S. The van der Waals surface area contributed by atoms with Gasteiger partial charge in [0, 0.05) is 6.42 Å². The van der Waals surface area contributed by atoms with Crippen LogP contribution in [0.4, 0.5) is 13.2 Å². The lowest BCUT2D eigenvalue weighted by atomic mass is 10.1. The number of thiol groups is 1. The Morgan fingerprint density at radius 2 is 1.80 bits per heavy atom. The van der Waals surface area contributed by atoms with Gasteiger partial charge < -0.3 is 4.84 Å². The lowest BCUT2D eigenvalue weighted by Gasteiger charge is -2.09. The van der Waals surface area contributed by atoms with Crippen molar-refractivity contribution in [3.63, 3.8) is 0 Å². The zero-order chi connectivity index (χ0) is 18.4. The molecule has 25 heavy (non-hydrogen) atoms. The zero-order valence-corrected chi connectivity index (χ0v) is 14.3. The molecule has 0 radical (unpaired) electrons. The summed E-state index contributed by atoms with van der Waals surface area (Å²) in [6.07, 6.45) is -4.24. The van der Waals surface area contributed by atoms with E-state index in [1.165, 1.54) is 12.1 Å². The van der Waals surface area contributed by atoms with Crippen LogP contribution < -0.4 is 0 Å². The molecule has 0 heterocycles. The van der Waals surface area contributed by atoms with Crippen molar-refractivity contribution < 1.29 is 22.8 Å². The highest BCUT2D eigenvalue weighted by molar-refractivity contribution is 7.96. The molecule has 2 aromatic rings. The fourth-order valence-corrected chi connectivity index (χ4v) is 2.38. The van der Waals surface area contributed by atoms with Crippen LogP contribution in [0.15, 0.2) is 53.7 Å². The van der Waals surface area contributed by atoms with E-state index in [0.717, 1.165) is 23.3 Å². The average molecular weight is 367 g/mol. The van der Waals surface area contributed by atoms with Gasteiger partial charge in [-0.2, -0.15) is 13.2 Å². The minimum atomic E-state index is -4.41. The molecule has 2 aromatic carbocycles. The Morgan fingerprint density at radius 1 is 1.12 bits per heavy atom. The van der Waals surface area contributed by atoms with Gasteiger partial charge in [-0.05, 0) is 35.7 Å². The molecule has 0 atom stereocenters. The van der Waals surface area contributed by atoms with Crippen LogP contribution in [0.3, 0.4) is 0 Å². The van der Waals surface area contributed by atoms with Crippen molar-refractivity contribution in [1.82, 2.24) is 0 Å². The summed E-state index contributed by atoms with van der Waals surface area (Å²) < 4.78 is 38.2. The standard InChI is InChI=1S/C18H16F3NO2S/c1-12(13-7-4-8-16(9-13)18(19,20)21)22-24-11-15-6-3-2-5-14(15)10-17(23)25/h2-9H,10-11H2,1H3,(H,23,25). The van der Waals surface area contributed by atoms with E-state index in [0.29, 0.717) is 11.3 Å². The number of hydrogen-bond acceptors (Lipinski definition) is 3. The molecular weight excluding hydrogens is 351 g/mol. The van der Waals surface area contributed by atoms with Gasteiger partial charge in [0.15, 0.2) is 5.12 Å². The number of carbonyl (C=O) groups excluding carboxylic acids is 1. The van der Waals surface area contributed by atoms with Crippen molar-refractivity contribution in [3.05, 3.63) is 70.8 Å². The molecule has 0 unspecified atom stereocenters. The van der Waals surface area contributed by atoms with Crippen LogP contribution >= 0.6 is 12.6 Å². The molecule has 0 aliphatic heterocycles. The van der Waals surface area contributed by atoms with Crippen molar-refractivity contribution in [2.75, 3.05) is 0 Å². The summed E-state index contributed by atoms with van der Waals surface area (Å²) in [6.45, 7) is 1.67. The summed E-state index contributed by atoms with van der Waals surface area (Å²) in [5, 5.41) is 3.61. The maximum atomic E-state index is 12.7. The van der Waals surface area contributed by atoms with Crippen molar-refractivity contribution in [1.29, 1.82) is 0 Å². The predicted octanol–water partition coefficient (Wildman–Crippen LogP) is 4.65. The normalized spacial score (nSPS) is 12.1. The first-order chi connectivity index (χ1) is 11.8. The van der Waals surface area contributed by atoms with E-state index in [9.17, 15) is 18.0 Å². The fraction of sp³-hybridized carbons (Fsp3) is 0.222. The SMILES string of the molecule is CC(=NOCc1ccccc1CC(=O)S)c1cccc(C(F)(F)F)c1. The molecule has 0 N–H and O–H groups in total. The minimum Gasteiger partial charge on any atom is -0.391 e. The summed E-state index contributed by atoms with van der Waals surface area (Å²) in [5.74, 6) is 0. The zero-order valence-electron chi connectivity index (χ0n) is 13.4. The lowest BCUT2D eigenvalue weighted by molar-refractivity contribution is -0.137. The van der Waals surface area contributed by atoms with Gasteiger partial charge in [0.25, 0.3) is 0 Å². The molecule has 0 aromatic heterocycles. The van der Waals surface area contributed by atoms with Crippen LogP contribution in [0.5, 0.6) is 0 Å². The Morgan fingerprint density at radius 3 is 2.44 bits per heavy atom. The lowest BCUT2D eigenvalue weighted by Crippen LogP contribution is -2.07. The van der Waals surface area contributed by atoms with Crippen LogP contribution in [-0.2, 0) is 28.8 Å². The molecule has 3 nitrogen and oxygen atoms in total. The summed E-state index contributed by atoms with van der Waals surface area (Å²) in [7, 11) is 0. The number of hydrogen-bond donors (Lipinski definition) is 1. The molecule has 132 valence electrons. The molecule has 0 aliphatic rings. The first kappa shape index (κ1) is 19.1. The topological polar surface area (TPSA) is 38.7 Å². The van der Waals surface area contributed by atoms with Crippen LogP contribution in [0.25, 0.3) is 0 Å². The van der Waals surface area contributed by atoms with E-state index >= 15 is 0 Å². The Labute approximate surface area is 148 Å². The summed E-state index contributed by atoms with van der Waals surface area (Å²) in [6, 6.07) is 12.1. The third-order valence-electron chi connectivity index (χ3n) is 3.49. The highest BCUT2D eigenvalue weighted by Crippen LogP contribution is 2.29. The highest BCUT2D eigenvalue weighted by Gasteiger charge is 2.30. The molecule has 0 spiro atoms. The Balaban J connectivity index is 2.09. The van der Waals surface area contributed by atoms with Gasteiger partial charge in [-0.3, -0.25) is 4.79 Å².